The summed E-state index contributed by atoms with van der Waals surface area (Å²) in [5.41, 5.74) is 13.6. The van der Waals surface area contributed by atoms with Gasteiger partial charge in [0, 0.05) is 50.7 Å². The largest absolute Gasteiger partial charge is 0.456 e. The number of anilines is 3. The third-order valence-electron chi connectivity index (χ3n) is 9.85. The predicted molar refractivity (Wildman–Crippen MR) is 212 cm³/mol. The molecule has 0 spiro atoms. The van der Waals surface area contributed by atoms with E-state index in [1.807, 2.05) is 24.3 Å². The lowest BCUT2D eigenvalue weighted by Crippen LogP contribution is -2.09. The zero-order valence-electron chi connectivity index (χ0n) is 27.7. The smallest absolute Gasteiger partial charge is 0.137 e. The Kier molecular flexibility index (Phi) is 6.81. The van der Waals surface area contributed by atoms with Crippen LogP contribution in [0.15, 0.2) is 197 Å². The Morgan fingerprint density at radius 3 is 1.10 bits per heavy atom. The zero-order chi connectivity index (χ0) is 33.7. The van der Waals surface area contributed by atoms with Crippen molar-refractivity contribution in [2.45, 2.75) is 0 Å². The first-order valence-electron chi connectivity index (χ1n) is 17.2. The minimum atomic E-state index is 0.853. The molecule has 0 aliphatic heterocycles. The highest BCUT2D eigenvalue weighted by Crippen LogP contribution is 2.42. The van der Waals surface area contributed by atoms with Gasteiger partial charge < -0.3 is 13.7 Å². The number of nitrogens with zero attached hydrogens (tertiary/aromatic N) is 1. The molecular weight excluding hydrogens is 623 g/mol. The van der Waals surface area contributed by atoms with Crippen molar-refractivity contribution in [2.75, 3.05) is 4.90 Å². The van der Waals surface area contributed by atoms with Crippen LogP contribution in [0.2, 0.25) is 0 Å². The van der Waals surface area contributed by atoms with Gasteiger partial charge in [-0.2, -0.15) is 0 Å². The van der Waals surface area contributed by atoms with Crippen LogP contribution in [0.4, 0.5) is 17.1 Å². The molecule has 10 rings (SSSR count). The molecule has 8 aromatic carbocycles. The van der Waals surface area contributed by atoms with Crippen LogP contribution in [0.3, 0.4) is 0 Å². The van der Waals surface area contributed by atoms with Gasteiger partial charge in [0.15, 0.2) is 0 Å². The van der Waals surface area contributed by atoms with Crippen molar-refractivity contribution in [3.63, 3.8) is 0 Å². The fourth-order valence-electron chi connectivity index (χ4n) is 7.35. The minimum Gasteiger partial charge on any atom is -0.456 e. The van der Waals surface area contributed by atoms with Crippen LogP contribution in [-0.2, 0) is 0 Å². The quantitative estimate of drug-likeness (QED) is 0.179. The molecule has 0 saturated carbocycles. The molecule has 240 valence electrons. The Hall–Kier alpha value is -6.84. The number of furan rings is 2. The number of hydrogen-bond donors (Lipinski definition) is 0. The molecule has 0 bridgehead atoms. The van der Waals surface area contributed by atoms with E-state index < -0.39 is 0 Å². The van der Waals surface area contributed by atoms with Gasteiger partial charge in [-0.3, -0.25) is 0 Å². The van der Waals surface area contributed by atoms with Crippen LogP contribution in [0.1, 0.15) is 0 Å². The molecule has 0 aliphatic carbocycles. The maximum atomic E-state index is 6.35. The molecular formula is C48H31NO2. The van der Waals surface area contributed by atoms with E-state index in [9.17, 15) is 0 Å². The van der Waals surface area contributed by atoms with Gasteiger partial charge in [-0.25, -0.2) is 0 Å². The van der Waals surface area contributed by atoms with E-state index in [4.69, 9.17) is 8.83 Å². The second kappa shape index (κ2) is 11.9. The van der Waals surface area contributed by atoms with Gasteiger partial charge in [-0.15, -0.1) is 0 Å². The molecule has 0 fully saturated rings. The van der Waals surface area contributed by atoms with Crippen molar-refractivity contribution in [3.05, 3.63) is 188 Å². The first-order valence-corrected chi connectivity index (χ1v) is 17.2. The summed E-state index contributed by atoms with van der Waals surface area (Å²) in [6, 6.07) is 66.3. The monoisotopic (exact) mass is 653 g/mol. The first kappa shape index (κ1) is 29.1. The maximum absolute atomic E-state index is 6.35. The Balaban J connectivity index is 1.11. The average Bonchev–Trinajstić information content (AvgIpc) is 3.76. The van der Waals surface area contributed by atoms with Gasteiger partial charge in [0.1, 0.15) is 22.3 Å². The molecule has 10 aromatic rings. The van der Waals surface area contributed by atoms with E-state index in [0.29, 0.717) is 0 Å². The summed E-state index contributed by atoms with van der Waals surface area (Å²) >= 11 is 0. The SMILES string of the molecule is c1ccc(-c2cc(-c3ccccc3)cc(-c3ccc(N(c4ccc5c(c4)oc4ccccc45)c4ccc5c(c4)oc4ccccc45)cc3)c2)cc1. The van der Waals surface area contributed by atoms with Gasteiger partial charge in [-0.1, -0.05) is 109 Å². The third kappa shape index (κ3) is 5.15. The maximum Gasteiger partial charge on any atom is 0.137 e. The first-order chi connectivity index (χ1) is 25.2. The lowest BCUT2D eigenvalue weighted by atomic mass is 9.93. The molecule has 0 atom stereocenters. The lowest BCUT2D eigenvalue weighted by Gasteiger charge is -2.25. The van der Waals surface area contributed by atoms with Gasteiger partial charge in [0.05, 0.1) is 0 Å². The number of hydrogen-bond acceptors (Lipinski definition) is 3. The molecule has 3 nitrogen and oxygen atoms in total. The molecule has 0 radical (unpaired) electrons. The van der Waals surface area contributed by atoms with Crippen LogP contribution >= 0.6 is 0 Å². The van der Waals surface area contributed by atoms with Crippen molar-refractivity contribution in [1.29, 1.82) is 0 Å². The van der Waals surface area contributed by atoms with Crippen molar-refractivity contribution in [3.8, 4) is 33.4 Å². The highest BCUT2D eigenvalue weighted by atomic mass is 16.3. The van der Waals surface area contributed by atoms with E-state index >= 15 is 0 Å². The Bertz CT molecular complexity index is 2680. The molecule has 2 heterocycles. The highest BCUT2D eigenvalue weighted by molar-refractivity contribution is 6.07. The van der Waals surface area contributed by atoms with Crippen LogP contribution < -0.4 is 4.90 Å². The summed E-state index contributed by atoms with van der Waals surface area (Å²) in [6.07, 6.45) is 0. The number of rotatable bonds is 6. The minimum absolute atomic E-state index is 0.853. The van der Waals surface area contributed by atoms with Crippen LogP contribution in [0.25, 0.3) is 77.3 Å². The average molecular weight is 654 g/mol. The summed E-state index contributed by atoms with van der Waals surface area (Å²) in [6.45, 7) is 0. The molecule has 0 saturated heterocycles. The zero-order valence-corrected chi connectivity index (χ0v) is 27.7. The topological polar surface area (TPSA) is 29.5 Å². The van der Waals surface area contributed by atoms with E-state index in [0.717, 1.165) is 66.5 Å². The standard InChI is InChI=1S/C48H31NO2/c1-3-11-32(12-4-1)35-27-36(33-13-5-2-6-14-33)29-37(28-35)34-19-21-38(22-20-34)49(39-23-25-43-41-15-7-9-17-45(41)50-47(43)30-39)40-24-26-44-42-16-8-10-18-46(42)51-48(44)31-40/h1-31H. The fraction of sp³-hybridized carbons (Fsp3) is 0. The number of benzene rings is 8. The van der Waals surface area contributed by atoms with Gasteiger partial charge in [-0.05, 0) is 100 Å². The van der Waals surface area contributed by atoms with E-state index in [1.165, 1.54) is 27.8 Å². The van der Waals surface area contributed by atoms with Crippen LogP contribution in [-0.4, -0.2) is 0 Å². The van der Waals surface area contributed by atoms with Crippen molar-refractivity contribution >= 4 is 60.9 Å². The number of para-hydroxylation sites is 2. The van der Waals surface area contributed by atoms with E-state index in [1.54, 1.807) is 0 Å². The molecule has 0 N–H and O–H groups in total. The second-order valence-corrected chi connectivity index (χ2v) is 13.0. The summed E-state index contributed by atoms with van der Waals surface area (Å²) < 4.78 is 12.7. The summed E-state index contributed by atoms with van der Waals surface area (Å²) in [5, 5.41) is 4.44. The molecule has 3 heteroatoms. The third-order valence-corrected chi connectivity index (χ3v) is 9.85. The van der Waals surface area contributed by atoms with Gasteiger partial charge in [0.2, 0.25) is 0 Å². The Labute approximate surface area is 295 Å². The molecule has 0 unspecified atom stereocenters. The summed E-state index contributed by atoms with van der Waals surface area (Å²) in [4.78, 5) is 2.28. The van der Waals surface area contributed by atoms with Crippen molar-refractivity contribution in [2.24, 2.45) is 0 Å². The Morgan fingerprint density at radius 1 is 0.255 bits per heavy atom. The molecule has 0 amide bonds. The van der Waals surface area contributed by atoms with E-state index in [2.05, 4.69) is 169 Å². The van der Waals surface area contributed by atoms with Crippen LogP contribution in [0, 0.1) is 0 Å². The fourth-order valence-corrected chi connectivity index (χ4v) is 7.35. The Morgan fingerprint density at radius 2 is 0.627 bits per heavy atom. The summed E-state index contributed by atoms with van der Waals surface area (Å²) in [7, 11) is 0. The van der Waals surface area contributed by atoms with Crippen molar-refractivity contribution < 1.29 is 8.83 Å². The van der Waals surface area contributed by atoms with Gasteiger partial charge >= 0.3 is 0 Å². The van der Waals surface area contributed by atoms with Crippen LogP contribution in [0.5, 0.6) is 0 Å². The predicted octanol–water partition coefficient (Wildman–Crippen LogP) is 14.0. The van der Waals surface area contributed by atoms with Gasteiger partial charge in [0.25, 0.3) is 0 Å². The molecule has 0 aliphatic rings. The second-order valence-electron chi connectivity index (χ2n) is 13.0. The highest BCUT2D eigenvalue weighted by Gasteiger charge is 2.18. The normalized spacial score (nSPS) is 11.5. The summed E-state index contributed by atoms with van der Waals surface area (Å²) in [5.74, 6) is 0. The number of fused-ring (bicyclic) bond motifs is 6. The molecule has 51 heavy (non-hydrogen) atoms. The lowest BCUT2D eigenvalue weighted by molar-refractivity contribution is 0.669. The molecule has 2 aromatic heterocycles. The van der Waals surface area contributed by atoms with Crippen molar-refractivity contribution in [1.82, 2.24) is 0 Å². The van der Waals surface area contributed by atoms with E-state index in [-0.39, 0.29) is 0 Å².